The molecule has 0 spiro atoms. The lowest BCUT2D eigenvalue weighted by molar-refractivity contribution is 0.499. The summed E-state index contributed by atoms with van der Waals surface area (Å²) in [4.78, 5) is 0. The molecule has 0 amide bonds. The van der Waals surface area contributed by atoms with Crippen molar-refractivity contribution in [3.63, 3.8) is 0 Å². The van der Waals surface area contributed by atoms with Gasteiger partial charge in [-0.3, -0.25) is 0 Å². The molecule has 1 heteroatoms. The Morgan fingerprint density at radius 1 is 1.17 bits per heavy atom. The number of hydrogen-bond donors (Lipinski definition) is 1. The molecule has 1 rings (SSSR count). The van der Waals surface area contributed by atoms with Crippen LogP contribution in [0.2, 0.25) is 0 Å². The largest absolute Gasteiger partial charge is 0.330 e. The first-order chi connectivity index (χ1) is 5.75. The first kappa shape index (κ1) is 9.27. The van der Waals surface area contributed by atoms with Gasteiger partial charge in [-0.25, -0.2) is 0 Å². The van der Waals surface area contributed by atoms with Crippen LogP contribution in [0.15, 0.2) is 30.3 Å². The van der Waals surface area contributed by atoms with Gasteiger partial charge < -0.3 is 5.73 Å². The SMILES string of the molecule is CC(CN)C(C)c1ccccc1. The van der Waals surface area contributed by atoms with E-state index in [2.05, 4.69) is 38.1 Å². The molecule has 0 aliphatic heterocycles. The molecule has 2 unspecified atom stereocenters. The van der Waals surface area contributed by atoms with Gasteiger partial charge in [0.1, 0.15) is 0 Å². The monoisotopic (exact) mass is 163 g/mol. The minimum Gasteiger partial charge on any atom is -0.330 e. The highest BCUT2D eigenvalue weighted by atomic mass is 14.5. The molecule has 0 bridgehead atoms. The van der Waals surface area contributed by atoms with E-state index in [9.17, 15) is 0 Å². The molecule has 1 nitrogen and oxygen atoms in total. The second-order valence-corrected chi connectivity index (χ2v) is 3.41. The van der Waals surface area contributed by atoms with Crippen LogP contribution in [0.25, 0.3) is 0 Å². The number of benzene rings is 1. The summed E-state index contributed by atoms with van der Waals surface area (Å²) in [6, 6.07) is 10.5. The highest BCUT2D eigenvalue weighted by molar-refractivity contribution is 5.19. The zero-order chi connectivity index (χ0) is 8.97. The summed E-state index contributed by atoms with van der Waals surface area (Å²) in [5, 5.41) is 0. The predicted octanol–water partition coefficient (Wildman–Crippen LogP) is 2.38. The van der Waals surface area contributed by atoms with E-state index in [0.717, 1.165) is 6.54 Å². The Balaban J connectivity index is 2.71. The maximum Gasteiger partial charge on any atom is -0.00458 e. The molecule has 0 fully saturated rings. The van der Waals surface area contributed by atoms with Crippen molar-refractivity contribution in [3.8, 4) is 0 Å². The molecule has 0 heterocycles. The summed E-state index contributed by atoms with van der Waals surface area (Å²) in [6.45, 7) is 5.18. The van der Waals surface area contributed by atoms with Crippen LogP contribution in [-0.2, 0) is 0 Å². The normalized spacial score (nSPS) is 15.6. The Labute approximate surface area is 74.6 Å². The molecule has 2 atom stereocenters. The molecule has 0 saturated carbocycles. The molecule has 0 radical (unpaired) electrons. The van der Waals surface area contributed by atoms with E-state index in [1.807, 2.05) is 6.07 Å². The van der Waals surface area contributed by atoms with E-state index < -0.39 is 0 Å². The maximum absolute atomic E-state index is 5.61. The average molecular weight is 163 g/mol. The molecule has 12 heavy (non-hydrogen) atoms. The van der Waals surface area contributed by atoms with Crippen LogP contribution < -0.4 is 5.73 Å². The van der Waals surface area contributed by atoms with E-state index in [0.29, 0.717) is 11.8 Å². The van der Waals surface area contributed by atoms with Crippen molar-refractivity contribution in [3.05, 3.63) is 35.9 Å². The number of rotatable bonds is 3. The summed E-state index contributed by atoms with van der Waals surface area (Å²) >= 11 is 0. The van der Waals surface area contributed by atoms with Gasteiger partial charge in [0.25, 0.3) is 0 Å². The zero-order valence-corrected chi connectivity index (χ0v) is 7.83. The third-order valence-corrected chi connectivity index (χ3v) is 2.55. The fourth-order valence-corrected chi connectivity index (χ4v) is 1.29. The summed E-state index contributed by atoms with van der Waals surface area (Å²) in [5.74, 6) is 1.13. The Hall–Kier alpha value is -0.820. The van der Waals surface area contributed by atoms with Crippen LogP contribution in [0.5, 0.6) is 0 Å². The van der Waals surface area contributed by atoms with Crippen LogP contribution in [-0.4, -0.2) is 6.54 Å². The first-order valence-electron chi connectivity index (χ1n) is 4.50. The number of hydrogen-bond acceptors (Lipinski definition) is 1. The fraction of sp³-hybridized carbons (Fsp3) is 0.455. The molecular formula is C11H17N. The van der Waals surface area contributed by atoms with Crippen LogP contribution in [0.1, 0.15) is 25.3 Å². The molecule has 0 aromatic heterocycles. The van der Waals surface area contributed by atoms with Gasteiger partial charge >= 0.3 is 0 Å². The molecule has 0 aliphatic carbocycles. The minimum atomic E-state index is 0.562. The van der Waals surface area contributed by atoms with Gasteiger partial charge in [0.15, 0.2) is 0 Å². The fourth-order valence-electron chi connectivity index (χ4n) is 1.29. The van der Waals surface area contributed by atoms with Crippen LogP contribution in [0, 0.1) is 5.92 Å². The van der Waals surface area contributed by atoms with Crippen molar-refractivity contribution >= 4 is 0 Å². The van der Waals surface area contributed by atoms with Gasteiger partial charge in [-0.05, 0) is 23.9 Å². The Morgan fingerprint density at radius 2 is 1.75 bits per heavy atom. The van der Waals surface area contributed by atoms with E-state index >= 15 is 0 Å². The third-order valence-electron chi connectivity index (χ3n) is 2.55. The molecule has 0 saturated heterocycles. The summed E-state index contributed by atoms with van der Waals surface area (Å²) in [7, 11) is 0. The predicted molar refractivity (Wildman–Crippen MR) is 53.1 cm³/mol. The van der Waals surface area contributed by atoms with Crippen molar-refractivity contribution in [2.45, 2.75) is 19.8 Å². The lowest BCUT2D eigenvalue weighted by Crippen LogP contribution is -2.16. The molecule has 2 N–H and O–H groups in total. The average Bonchev–Trinajstić information content (AvgIpc) is 2.17. The van der Waals surface area contributed by atoms with Crippen molar-refractivity contribution in [1.82, 2.24) is 0 Å². The molecule has 1 aromatic rings. The van der Waals surface area contributed by atoms with E-state index in [-0.39, 0.29) is 0 Å². The van der Waals surface area contributed by atoms with Gasteiger partial charge in [0.2, 0.25) is 0 Å². The first-order valence-corrected chi connectivity index (χ1v) is 4.50. The highest BCUT2D eigenvalue weighted by Crippen LogP contribution is 2.22. The van der Waals surface area contributed by atoms with Gasteiger partial charge in [-0.2, -0.15) is 0 Å². The van der Waals surface area contributed by atoms with Crippen LogP contribution in [0.4, 0.5) is 0 Å². The Bertz CT molecular complexity index is 218. The van der Waals surface area contributed by atoms with Gasteiger partial charge in [-0.15, -0.1) is 0 Å². The molecule has 66 valence electrons. The minimum absolute atomic E-state index is 0.562. The summed E-state index contributed by atoms with van der Waals surface area (Å²) < 4.78 is 0. The van der Waals surface area contributed by atoms with Crippen molar-refractivity contribution in [2.75, 3.05) is 6.54 Å². The topological polar surface area (TPSA) is 26.0 Å². The smallest absolute Gasteiger partial charge is 0.00458 e. The van der Waals surface area contributed by atoms with Gasteiger partial charge in [0.05, 0.1) is 0 Å². The van der Waals surface area contributed by atoms with E-state index in [1.54, 1.807) is 0 Å². The maximum atomic E-state index is 5.61. The van der Waals surface area contributed by atoms with Crippen molar-refractivity contribution < 1.29 is 0 Å². The molecule has 0 aliphatic rings. The molecular weight excluding hydrogens is 146 g/mol. The zero-order valence-electron chi connectivity index (χ0n) is 7.83. The van der Waals surface area contributed by atoms with Crippen molar-refractivity contribution in [1.29, 1.82) is 0 Å². The Kier molecular flexibility index (Phi) is 3.30. The second-order valence-electron chi connectivity index (χ2n) is 3.41. The van der Waals surface area contributed by atoms with Crippen LogP contribution in [0.3, 0.4) is 0 Å². The summed E-state index contributed by atoms with van der Waals surface area (Å²) in [5.41, 5.74) is 6.99. The highest BCUT2D eigenvalue weighted by Gasteiger charge is 2.11. The lowest BCUT2D eigenvalue weighted by Gasteiger charge is -2.18. The Morgan fingerprint density at radius 3 is 2.25 bits per heavy atom. The van der Waals surface area contributed by atoms with Gasteiger partial charge in [0, 0.05) is 0 Å². The number of nitrogens with two attached hydrogens (primary N) is 1. The second kappa shape index (κ2) is 4.27. The summed E-state index contributed by atoms with van der Waals surface area (Å²) in [6.07, 6.45) is 0. The van der Waals surface area contributed by atoms with E-state index in [1.165, 1.54) is 5.56 Å². The standard InChI is InChI=1S/C11H17N/c1-9(8-12)10(2)11-6-4-3-5-7-11/h3-7,9-10H,8,12H2,1-2H3. The van der Waals surface area contributed by atoms with E-state index in [4.69, 9.17) is 5.73 Å². The van der Waals surface area contributed by atoms with Gasteiger partial charge in [-0.1, -0.05) is 44.2 Å². The molecule has 1 aromatic carbocycles. The lowest BCUT2D eigenvalue weighted by atomic mass is 9.89. The third kappa shape index (κ3) is 2.08. The van der Waals surface area contributed by atoms with Crippen LogP contribution >= 0.6 is 0 Å². The van der Waals surface area contributed by atoms with Crippen molar-refractivity contribution in [2.24, 2.45) is 11.7 Å². The quantitative estimate of drug-likeness (QED) is 0.727.